The van der Waals surface area contributed by atoms with Gasteiger partial charge in [0.2, 0.25) is 0 Å². The molecule has 0 radical (unpaired) electrons. The summed E-state index contributed by atoms with van der Waals surface area (Å²) in [5, 5.41) is 10.6. The monoisotopic (exact) mass is 251 g/mol. The Morgan fingerprint density at radius 2 is 2.00 bits per heavy atom. The van der Waals surface area contributed by atoms with Crippen molar-refractivity contribution in [1.82, 2.24) is 9.88 Å². The van der Waals surface area contributed by atoms with E-state index in [-0.39, 0.29) is 11.7 Å². The van der Waals surface area contributed by atoms with Gasteiger partial charge in [-0.05, 0) is 35.7 Å². The molecule has 1 aromatic rings. The van der Waals surface area contributed by atoms with E-state index in [1.165, 1.54) is 12.3 Å². The molecule has 0 aromatic carbocycles. The van der Waals surface area contributed by atoms with Crippen molar-refractivity contribution in [3.05, 3.63) is 33.5 Å². The number of amides is 1. The van der Waals surface area contributed by atoms with Crippen molar-refractivity contribution >= 4 is 11.7 Å². The van der Waals surface area contributed by atoms with Crippen molar-refractivity contribution in [2.45, 2.75) is 27.2 Å². The van der Waals surface area contributed by atoms with E-state index in [9.17, 15) is 14.9 Å². The van der Waals surface area contributed by atoms with Crippen LogP contribution in [-0.2, 0) is 6.42 Å². The fraction of sp³-hybridized carbons (Fsp3) is 0.500. The zero-order valence-electron chi connectivity index (χ0n) is 10.8. The van der Waals surface area contributed by atoms with Crippen LogP contribution in [0.3, 0.4) is 0 Å². The van der Waals surface area contributed by atoms with Crippen LogP contribution in [0.4, 0.5) is 5.82 Å². The van der Waals surface area contributed by atoms with Crippen LogP contribution in [0.25, 0.3) is 0 Å². The maximum atomic E-state index is 12.2. The molecule has 0 N–H and O–H groups in total. The second-order valence-electron chi connectivity index (χ2n) is 3.79. The van der Waals surface area contributed by atoms with Crippen LogP contribution in [0.1, 0.15) is 36.7 Å². The Labute approximate surface area is 106 Å². The number of rotatable bonds is 5. The van der Waals surface area contributed by atoms with Gasteiger partial charge < -0.3 is 15.0 Å². The topological polar surface area (TPSA) is 76.3 Å². The number of carbonyl (C=O) groups excluding carboxylic acids is 1. The van der Waals surface area contributed by atoms with Crippen molar-refractivity contribution in [2.75, 3.05) is 13.1 Å². The molecule has 6 nitrogen and oxygen atoms in total. The van der Waals surface area contributed by atoms with Gasteiger partial charge in [0.05, 0.1) is 5.56 Å². The van der Waals surface area contributed by atoms with Gasteiger partial charge in [-0.25, -0.2) is 0 Å². The molecule has 98 valence electrons. The van der Waals surface area contributed by atoms with Crippen LogP contribution in [0.2, 0.25) is 0 Å². The first kappa shape index (κ1) is 14.1. The summed E-state index contributed by atoms with van der Waals surface area (Å²) in [4.78, 5) is 27.7. The number of pyridine rings is 1. The van der Waals surface area contributed by atoms with E-state index in [2.05, 4.69) is 4.98 Å². The third-order valence-corrected chi connectivity index (χ3v) is 2.82. The van der Waals surface area contributed by atoms with Gasteiger partial charge in [-0.1, -0.05) is 6.92 Å². The van der Waals surface area contributed by atoms with E-state index in [4.69, 9.17) is 0 Å². The molecule has 0 atom stereocenters. The maximum absolute atomic E-state index is 12.2. The molecule has 0 saturated heterocycles. The number of nitro groups is 1. The standard InChI is InChI=1S/C12H17N3O3/c1-4-9-7-11(15(17)18)13-8-10(9)12(16)14(5-2)6-3/h7-8H,4-6H2,1-3H3. The highest BCUT2D eigenvalue weighted by molar-refractivity contribution is 5.95. The average molecular weight is 251 g/mol. The normalized spacial score (nSPS) is 10.2. The first-order valence-electron chi connectivity index (χ1n) is 5.97. The SMILES string of the molecule is CCc1cc([N+](=O)[O-])ncc1C(=O)N(CC)CC. The number of aromatic nitrogens is 1. The van der Waals surface area contributed by atoms with Gasteiger partial charge in [0.1, 0.15) is 0 Å². The highest BCUT2D eigenvalue weighted by atomic mass is 16.6. The molecule has 1 heterocycles. The molecule has 6 heteroatoms. The molecule has 18 heavy (non-hydrogen) atoms. The number of aryl methyl sites for hydroxylation is 1. The number of hydrogen-bond donors (Lipinski definition) is 0. The lowest BCUT2D eigenvalue weighted by Crippen LogP contribution is -2.31. The van der Waals surface area contributed by atoms with E-state index >= 15 is 0 Å². The van der Waals surface area contributed by atoms with Crippen LogP contribution in [-0.4, -0.2) is 33.8 Å². The van der Waals surface area contributed by atoms with E-state index in [1.54, 1.807) is 4.90 Å². The Morgan fingerprint density at radius 3 is 2.44 bits per heavy atom. The quantitative estimate of drug-likeness (QED) is 0.592. The van der Waals surface area contributed by atoms with Gasteiger partial charge in [-0.2, -0.15) is 0 Å². The molecule has 1 aromatic heterocycles. The molecule has 0 aliphatic rings. The summed E-state index contributed by atoms with van der Waals surface area (Å²) in [7, 11) is 0. The van der Waals surface area contributed by atoms with Crippen LogP contribution < -0.4 is 0 Å². The summed E-state index contributed by atoms with van der Waals surface area (Å²) in [5.74, 6) is -0.345. The molecule has 0 unspecified atom stereocenters. The molecule has 0 aliphatic heterocycles. The second kappa shape index (κ2) is 6.09. The molecular weight excluding hydrogens is 234 g/mol. The largest absolute Gasteiger partial charge is 0.363 e. The van der Waals surface area contributed by atoms with E-state index in [0.717, 1.165) is 0 Å². The lowest BCUT2D eigenvalue weighted by Gasteiger charge is -2.19. The van der Waals surface area contributed by atoms with E-state index in [1.807, 2.05) is 20.8 Å². The molecule has 0 aliphatic carbocycles. The summed E-state index contributed by atoms with van der Waals surface area (Å²) in [6.45, 7) is 6.86. The molecule has 1 rings (SSSR count). The highest BCUT2D eigenvalue weighted by Gasteiger charge is 2.20. The zero-order chi connectivity index (χ0) is 13.7. The minimum atomic E-state index is -0.551. The molecule has 0 bridgehead atoms. The Morgan fingerprint density at radius 1 is 1.39 bits per heavy atom. The molecule has 0 spiro atoms. The fourth-order valence-corrected chi connectivity index (χ4v) is 1.75. The van der Waals surface area contributed by atoms with Crippen molar-refractivity contribution in [3.63, 3.8) is 0 Å². The van der Waals surface area contributed by atoms with Gasteiger partial charge in [0.15, 0.2) is 6.20 Å². The number of carbonyl (C=O) groups is 1. The predicted molar refractivity (Wildman–Crippen MR) is 67.5 cm³/mol. The van der Waals surface area contributed by atoms with Crippen LogP contribution >= 0.6 is 0 Å². The number of nitrogens with zero attached hydrogens (tertiary/aromatic N) is 3. The third-order valence-electron chi connectivity index (χ3n) is 2.82. The van der Waals surface area contributed by atoms with Gasteiger partial charge in [0, 0.05) is 19.2 Å². The predicted octanol–water partition coefficient (Wildman–Crippen LogP) is 2.03. The maximum Gasteiger partial charge on any atom is 0.363 e. The Bertz CT molecular complexity index is 456. The van der Waals surface area contributed by atoms with Gasteiger partial charge in [-0.15, -0.1) is 0 Å². The van der Waals surface area contributed by atoms with Crippen LogP contribution in [0.15, 0.2) is 12.3 Å². The second-order valence-corrected chi connectivity index (χ2v) is 3.79. The summed E-state index contributed by atoms with van der Waals surface area (Å²) < 4.78 is 0. The molecule has 0 fully saturated rings. The minimum Gasteiger partial charge on any atom is -0.358 e. The Kier molecular flexibility index (Phi) is 4.76. The highest BCUT2D eigenvalue weighted by Crippen LogP contribution is 2.17. The lowest BCUT2D eigenvalue weighted by atomic mass is 10.1. The summed E-state index contributed by atoms with van der Waals surface area (Å²) in [6, 6.07) is 1.37. The molecule has 0 saturated carbocycles. The van der Waals surface area contributed by atoms with Gasteiger partial charge >= 0.3 is 5.82 Å². The fourth-order valence-electron chi connectivity index (χ4n) is 1.75. The van der Waals surface area contributed by atoms with Crippen molar-refractivity contribution < 1.29 is 9.72 Å². The first-order valence-corrected chi connectivity index (χ1v) is 5.97. The summed E-state index contributed by atoms with van der Waals surface area (Å²) in [5.41, 5.74) is 1.11. The van der Waals surface area contributed by atoms with E-state index in [0.29, 0.717) is 30.6 Å². The van der Waals surface area contributed by atoms with Gasteiger partial charge in [-0.3, -0.25) is 4.79 Å². The Hall–Kier alpha value is -1.98. The van der Waals surface area contributed by atoms with Crippen LogP contribution in [0.5, 0.6) is 0 Å². The third kappa shape index (κ3) is 2.82. The van der Waals surface area contributed by atoms with Crippen molar-refractivity contribution in [2.24, 2.45) is 0 Å². The first-order chi connectivity index (χ1) is 8.54. The summed E-state index contributed by atoms with van der Waals surface area (Å²) >= 11 is 0. The summed E-state index contributed by atoms with van der Waals surface area (Å²) in [6.07, 6.45) is 1.86. The van der Waals surface area contributed by atoms with Gasteiger partial charge in [0.25, 0.3) is 5.91 Å². The lowest BCUT2D eigenvalue weighted by molar-refractivity contribution is -0.389. The zero-order valence-corrected chi connectivity index (χ0v) is 10.8. The van der Waals surface area contributed by atoms with Crippen molar-refractivity contribution in [1.29, 1.82) is 0 Å². The molecular formula is C12H17N3O3. The smallest absolute Gasteiger partial charge is 0.358 e. The number of hydrogen-bond acceptors (Lipinski definition) is 4. The van der Waals surface area contributed by atoms with E-state index < -0.39 is 4.92 Å². The Balaban J connectivity index is 3.16. The van der Waals surface area contributed by atoms with Crippen molar-refractivity contribution in [3.8, 4) is 0 Å². The molecule has 1 amide bonds. The minimum absolute atomic E-state index is 0.126. The van der Waals surface area contributed by atoms with Crippen LogP contribution in [0, 0.1) is 10.1 Å². The average Bonchev–Trinajstić information content (AvgIpc) is 2.39.